The SMILES string of the molecule is CN1CC[C@]2(C)c3cc(O)ccc3C[C@@H]1[C@H]2Nc1ccc(CCS(N)(=O)=O)cc1. The van der Waals surface area contributed by atoms with E-state index in [1.54, 1.807) is 6.07 Å². The molecule has 2 aromatic rings. The van der Waals surface area contributed by atoms with Crippen LogP contribution in [-0.2, 0) is 28.3 Å². The highest BCUT2D eigenvalue weighted by molar-refractivity contribution is 7.89. The van der Waals surface area contributed by atoms with Crippen molar-refractivity contribution in [3.8, 4) is 5.75 Å². The Kier molecular flexibility index (Phi) is 5.09. The molecule has 2 aromatic carbocycles. The maximum atomic E-state index is 11.2. The summed E-state index contributed by atoms with van der Waals surface area (Å²) in [5.41, 5.74) is 4.45. The number of rotatable bonds is 5. The van der Waals surface area contributed by atoms with Crippen LogP contribution in [0.4, 0.5) is 5.69 Å². The Bertz CT molecular complexity index is 1010. The number of likely N-dealkylation sites (N-methyl/N-ethyl adjacent to an activating group) is 1. The third kappa shape index (κ3) is 3.99. The van der Waals surface area contributed by atoms with E-state index in [1.165, 1.54) is 11.1 Å². The first-order chi connectivity index (χ1) is 13.7. The number of phenols is 1. The maximum Gasteiger partial charge on any atom is 0.209 e. The van der Waals surface area contributed by atoms with Crippen molar-refractivity contribution in [1.29, 1.82) is 0 Å². The lowest BCUT2D eigenvalue weighted by Gasteiger charge is -2.55. The lowest BCUT2D eigenvalue weighted by atomic mass is 9.61. The number of nitrogens with one attached hydrogen (secondary N) is 1. The summed E-state index contributed by atoms with van der Waals surface area (Å²) in [6, 6.07) is 14.3. The summed E-state index contributed by atoms with van der Waals surface area (Å²) in [7, 11) is -1.27. The van der Waals surface area contributed by atoms with Crippen molar-refractivity contribution >= 4 is 15.7 Å². The van der Waals surface area contributed by atoms with E-state index in [4.69, 9.17) is 5.14 Å². The fourth-order valence-corrected chi connectivity index (χ4v) is 5.47. The molecule has 0 radical (unpaired) electrons. The summed E-state index contributed by atoms with van der Waals surface area (Å²) < 4.78 is 22.4. The van der Waals surface area contributed by atoms with Crippen molar-refractivity contribution in [3.63, 3.8) is 0 Å². The second-order valence-electron chi connectivity index (χ2n) is 8.70. The average molecular weight is 416 g/mol. The summed E-state index contributed by atoms with van der Waals surface area (Å²) in [5, 5.41) is 18.9. The van der Waals surface area contributed by atoms with Crippen molar-refractivity contribution < 1.29 is 13.5 Å². The van der Waals surface area contributed by atoms with Gasteiger partial charge in [0.15, 0.2) is 0 Å². The topological polar surface area (TPSA) is 95.7 Å². The van der Waals surface area contributed by atoms with Crippen LogP contribution in [0.2, 0.25) is 0 Å². The van der Waals surface area contributed by atoms with Gasteiger partial charge in [0.1, 0.15) is 5.75 Å². The first-order valence-electron chi connectivity index (χ1n) is 10.0. The zero-order chi connectivity index (χ0) is 20.8. The van der Waals surface area contributed by atoms with E-state index in [0.717, 1.165) is 30.6 Å². The molecule has 7 heteroatoms. The molecule has 0 spiro atoms. The number of nitrogens with two attached hydrogens (primary N) is 1. The quantitative estimate of drug-likeness (QED) is 0.696. The van der Waals surface area contributed by atoms with Crippen molar-refractivity contribution in [1.82, 2.24) is 4.90 Å². The van der Waals surface area contributed by atoms with E-state index >= 15 is 0 Å². The summed E-state index contributed by atoms with van der Waals surface area (Å²) in [6.07, 6.45) is 2.38. The van der Waals surface area contributed by atoms with E-state index < -0.39 is 10.0 Å². The molecule has 0 unspecified atom stereocenters. The molecule has 1 saturated heterocycles. The molecule has 1 fully saturated rings. The van der Waals surface area contributed by atoms with E-state index in [1.807, 2.05) is 30.3 Å². The minimum Gasteiger partial charge on any atom is -0.508 e. The molecule has 0 saturated carbocycles. The predicted molar refractivity (Wildman–Crippen MR) is 116 cm³/mol. The van der Waals surface area contributed by atoms with Crippen LogP contribution in [0.25, 0.3) is 0 Å². The Morgan fingerprint density at radius 1 is 1.24 bits per heavy atom. The van der Waals surface area contributed by atoms with Crippen LogP contribution in [0, 0.1) is 0 Å². The van der Waals surface area contributed by atoms with Gasteiger partial charge in [-0.2, -0.15) is 0 Å². The molecule has 2 bridgehead atoms. The summed E-state index contributed by atoms with van der Waals surface area (Å²) >= 11 is 0. The molecule has 2 aliphatic rings. The molecule has 4 N–H and O–H groups in total. The number of phenolic OH excluding ortho intramolecular Hbond substituents is 1. The highest BCUT2D eigenvalue weighted by atomic mass is 32.2. The van der Waals surface area contributed by atoms with Crippen molar-refractivity contribution in [2.24, 2.45) is 5.14 Å². The number of piperidine rings is 1. The van der Waals surface area contributed by atoms with Crippen LogP contribution in [0.3, 0.4) is 0 Å². The third-order valence-electron chi connectivity index (χ3n) is 6.71. The number of hydrogen-bond donors (Lipinski definition) is 3. The lowest BCUT2D eigenvalue weighted by Crippen LogP contribution is -2.63. The Hall–Kier alpha value is -2.09. The Morgan fingerprint density at radius 2 is 1.97 bits per heavy atom. The molecular weight excluding hydrogens is 386 g/mol. The normalized spacial score (nSPS) is 26.7. The van der Waals surface area contributed by atoms with Gasteiger partial charge in [-0.1, -0.05) is 25.1 Å². The summed E-state index contributed by atoms with van der Waals surface area (Å²) in [4.78, 5) is 2.43. The number of aryl methyl sites for hydroxylation is 1. The molecule has 3 atom stereocenters. The molecule has 1 aliphatic carbocycles. The van der Waals surface area contributed by atoms with Gasteiger partial charge >= 0.3 is 0 Å². The second kappa shape index (κ2) is 7.31. The van der Waals surface area contributed by atoms with Crippen molar-refractivity contribution in [2.75, 3.05) is 24.7 Å². The smallest absolute Gasteiger partial charge is 0.209 e. The van der Waals surface area contributed by atoms with Crippen molar-refractivity contribution in [3.05, 3.63) is 59.2 Å². The second-order valence-corrected chi connectivity index (χ2v) is 10.4. The maximum absolute atomic E-state index is 11.2. The Balaban J connectivity index is 1.59. The first-order valence-corrected chi connectivity index (χ1v) is 11.8. The van der Waals surface area contributed by atoms with Crippen LogP contribution >= 0.6 is 0 Å². The molecule has 156 valence electrons. The first kappa shape index (κ1) is 20.2. The molecule has 1 aliphatic heterocycles. The van der Waals surface area contributed by atoms with Crippen LogP contribution in [-0.4, -0.2) is 49.9 Å². The summed E-state index contributed by atoms with van der Waals surface area (Å²) in [5.74, 6) is 0.272. The molecule has 4 rings (SSSR count). The van der Waals surface area contributed by atoms with Crippen LogP contribution < -0.4 is 10.5 Å². The fourth-order valence-electron chi connectivity index (χ4n) is 4.95. The number of sulfonamides is 1. The van der Waals surface area contributed by atoms with Gasteiger partial charge in [0.05, 0.1) is 11.8 Å². The van der Waals surface area contributed by atoms with Gasteiger partial charge in [0.2, 0.25) is 10.0 Å². The van der Waals surface area contributed by atoms with Crippen LogP contribution in [0.1, 0.15) is 30.0 Å². The number of fused-ring (bicyclic) bond motifs is 4. The number of primary sulfonamides is 1. The number of nitrogens with zero attached hydrogens (tertiary/aromatic N) is 1. The largest absolute Gasteiger partial charge is 0.508 e. The van der Waals surface area contributed by atoms with E-state index in [9.17, 15) is 13.5 Å². The fraction of sp³-hybridized carbons (Fsp3) is 0.455. The highest BCUT2D eigenvalue weighted by Gasteiger charge is 2.50. The van der Waals surface area contributed by atoms with Crippen molar-refractivity contribution in [2.45, 2.75) is 43.7 Å². The molecule has 0 amide bonds. The molecule has 6 nitrogen and oxygen atoms in total. The zero-order valence-corrected chi connectivity index (χ0v) is 17.7. The number of benzene rings is 2. The predicted octanol–water partition coefficient (Wildman–Crippen LogP) is 2.22. The molecular formula is C22H29N3O3S. The van der Waals surface area contributed by atoms with Gasteiger partial charge in [0.25, 0.3) is 0 Å². The zero-order valence-electron chi connectivity index (χ0n) is 16.9. The summed E-state index contributed by atoms with van der Waals surface area (Å²) in [6.45, 7) is 3.32. The van der Waals surface area contributed by atoms with E-state index in [-0.39, 0.29) is 17.2 Å². The molecule has 29 heavy (non-hydrogen) atoms. The van der Waals surface area contributed by atoms with E-state index in [0.29, 0.717) is 18.2 Å². The minimum absolute atomic E-state index is 0.0480. The highest BCUT2D eigenvalue weighted by Crippen LogP contribution is 2.46. The van der Waals surface area contributed by atoms with E-state index in [2.05, 4.69) is 30.3 Å². The van der Waals surface area contributed by atoms with Gasteiger partial charge in [-0.3, -0.25) is 0 Å². The van der Waals surface area contributed by atoms with Gasteiger partial charge < -0.3 is 15.3 Å². The number of anilines is 1. The average Bonchev–Trinajstić information content (AvgIpc) is 2.66. The Labute approximate surface area is 172 Å². The number of hydrogen-bond acceptors (Lipinski definition) is 5. The lowest BCUT2D eigenvalue weighted by molar-refractivity contribution is 0.0958. The van der Waals surface area contributed by atoms with Crippen LogP contribution in [0.5, 0.6) is 5.75 Å². The molecule has 0 aromatic heterocycles. The van der Waals surface area contributed by atoms with Gasteiger partial charge in [0, 0.05) is 17.1 Å². The molecule has 1 heterocycles. The van der Waals surface area contributed by atoms with Gasteiger partial charge in [-0.25, -0.2) is 13.6 Å². The number of aromatic hydroxyl groups is 1. The minimum atomic E-state index is -3.45. The standard InChI is InChI=1S/C22H29N3O3S/c1-22-10-11-25(2)20(13-16-5-8-18(26)14-19(16)22)21(22)24-17-6-3-15(4-7-17)9-12-29(23,27)28/h3-8,14,20-21,24,26H,9-13H2,1-2H3,(H2,23,27,28)/t20-,21-,22-/m1/s1. The van der Waals surface area contributed by atoms with Gasteiger partial charge in [-0.05, 0) is 73.8 Å². The monoisotopic (exact) mass is 415 g/mol. The third-order valence-corrected chi connectivity index (χ3v) is 7.48. The Morgan fingerprint density at radius 3 is 2.66 bits per heavy atom. The van der Waals surface area contributed by atoms with Gasteiger partial charge in [-0.15, -0.1) is 0 Å². The number of likely N-dealkylation sites (tertiary alicyclic amines) is 1. The van der Waals surface area contributed by atoms with Crippen LogP contribution in [0.15, 0.2) is 42.5 Å².